The molecule has 2 amide bonds. The zero-order valence-electron chi connectivity index (χ0n) is 11.9. The maximum atomic E-state index is 12.5. The van der Waals surface area contributed by atoms with Crippen LogP contribution in [0.3, 0.4) is 0 Å². The Labute approximate surface area is 110 Å². The van der Waals surface area contributed by atoms with Crippen molar-refractivity contribution in [3.05, 3.63) is 0 Å². The van der Waals surface area contributed by atoms with Gasteiger partial charge in [0.1, 0.15) is 0 Å². The topological polar surface area (TPSA) is 42.0 Å². The summed E-state index contributed by atoms with van der Waals surface area (Å²) in [7, 11) is 1.67. The molecule has 0 N–H and O–H groups in total. The van der Waals surface area contributed by atoms with Crippen molar-refractivity contribution in [2.24, 2.45) is 0 Å². The van der Waals surface area contributed by atoms with E-state index in [-0.39, 0.29) is 6.03 Å². The molecule has 1 saturated heterocycles. The standard InChI is InChI=1S/C13H26N2O3/c1-4-12(5-2)15(8-9-17-3)13(16)14-6-10-18-11-7-14/h12H,4-11H2,1-3H3. The van der Waals surface area contributed by atoms with Crippen LogP contribution in [0.15, 0.2) is 0 Å². The van der Waals surface area contributed by atoms with Crippen LogP contribution in [0, 0.1) is 0 Å². The molecular formula is C13H26N2O3. The minimum atomic E-state index is 0.129. The number of rotatable bonds is 6. The molecule has 0 saturated carbocycles. The number of hydrogen-bond donors (Lipinski definition) is 0. The molecule has 0 spiro atoms. The molecule has 1 aliphatic rings. The van der Waals surface area contributed by atoms with E-state index in [0.29, 0.717) is 45.5 Å². The highest BCUT2D eigenvalue weighted by Crippen LogP contribution is 2.12. The minimum absolute atomic E-state index is 0.129. The number of urea groups is 1. The summed E-state index contributed by atoms with van der Waals surface area (Å²) in [6, 6.07) is 0.430. The summed E-state index contributed by atoms with van der Waals surface area (Å²) >= 11 is 0. The monoisotopic (exact) mass is 258 g/mol. The molecule has 18 heavy (non-hydrogen) atoms. The van der Waals surface area contributed by atoms with E-state index in [1.54, 1.807) is 7.11 Å². The van der Waals surface area contributed by atoms with Gasteiger partial charge >= 0.3 is 6.03 Å². The molecule has 0 aliphatic carbocycles. The third kappa shape index (κ3) is 4.14. The summed E-state index contributed by atoms with van der Waals surface area (Å²) in [5.74, 6) is 0. The summed E-state index contributed by atoms with van der Waals surface area (Å²) in [6.45, 7) is 8.19. The molecule has 5 heteroatoms. The lowest BCUT2D eigenvalue weighted by Gasteiger charge is -2.36. The van der Waals surface area contributed by atoms with Gasteiger partial charge in [0, 0.05) is 32.8 Å². The van der Waals surface area contributed by atoms with Gasteiger partial charge in [0.2, 0.25) is 0 Å². The van der Waals surface area contributed by atoms with E-state index in [4.69, 9.17) is 9.47 Å². The lowest BCUT2D eigenvalue weighted by molar-refractivity contribution is 0.0349. The quantitative estimate of drug-likeness (QED) is 0.726. The molecule has 0 bridgehead atoms. The van der Waals surface area contributed by atoms with Crippen molar-refractivity contribution in [2.75, 3.05) is 46.6 Å². The van der Waals surface area contributed by atoms with Crippen molar-refractivity contribution in [1.82, 2.24) is 9.80 Å². The third-order valence-corrected chi connectivity index (χ3v) is 3.45. The van der Waals surface area contributed by atoms with Crippen LogP contribution < -0.4 is 0 Å². The number of carbonyl (C=O) groups is 1. The first-order chi connectivity index (χ1) is 8.74. The molecule has 1 rings (SSSR count). The molecule has 1 heterocycles. The number of carbonyl (C=O) groups excluding carboxylic acids is 1. The number of methoxy groups -OCH3 is 1. The van der Waals surface area contributed by atoms with E-state index in [0.717, 1.165) is 12.8 Å². The van der Waals surface area contributed by atoms with Crippen LogP contribution in [0.1, 0.15) is 26.7 Å². The highest BCUT2D eigenvalue weighted by molar-refractivity contribution is 5.75. The van der Waals surface area contributed by atoms with Crippen LogP contribution in [0.25, 0.3) is 0 Å². The van der Waals surface area contributed by atoms with E-state index in [9.17, 15) is 4.79 Å². The molecule has 0 aromatic carbocycles. The normalized spacial score (nSPS) is 16.1. The molecule has 106 valence electrons. The van der Waals surface area contributed by atoms with E-state index >= 15 is 0 Å². The molecule has 0 aromatic rings. The number of hydrogen-bond acceptors (Lipinski definition) is 3. The maximum absolute atomic E-state index is 12.5. The Morgan fingerprint density at radius 3 is 2.44 bits per heavy atom. The van der Waals surface area contributed by atoms with Crippen molar-refractivity contribution in [3.63, 3.8) is 0 Å². The Morgan fingerprint density at radius 2 is 1.94 bits per heavy atom. The van der Waals surface area contributed by atoms with Crippen molar-refractivity contribution >= 4 is 6.03 Å². The molecule has 0 unspecified atom stereocenters. The van der Waals surface area contributed by atoms with Gasteiger partial charge in [0.05, 0.1) is 19.8 Å². The minimum Gasteiger partial charge on any atom is -0.383 e. The van der Waals surface area contributed by atoms with Gasteiger partial charge in [-0.25, -0.2) is 4.79 Å². The number of amides is 2. The molecule has 1 fully saturated rings. The summed E-state index contributed by atoms with van der Waals surface area (Å²) in [5, 5.41) is 0. The van der Waals surface area contributed by atoms with Crippen LogP contribution in [-0.2, 0) is 9.47 Å². The van der Waals surface area contributed by atoms with Crippen LogP contribution in [0.5, 0.6) is 0 Å². The maximum Gasteiger partial charge on any atom is 0.320 e. The molecule has 0 aromatic heterocycles. The van der Waals surface area contributed by atoms with Gasteiger partial charge in [0.25, 0.3) is 0 Å². The predicted molar refractivity (Wildman–Crippen MR) is 70.7 cm³/mol. The fraction of sp³-hybridized carbons (Fsp3) is 0.923. The second-order valence-electron chi connectivity index (χ2n) is 4.54. The third-order valence-electron chi connectivity index (χ3n) is 3.45. The number of ether oxygens (including phenoxy) is 2. The van der Waals surface area contributed by atoms with Crippen molar-refractivity contribution in [1.29, 1.82) is 0 Å². The first-order valence-corrected chi connectivity index (χ1v) is 6.86. The van der Waals surface area contributed by atoms with Gasteiger partial charge < -0.3 is 19.3 Å². The van der Waals surface area contributed by atoms with Crippen LogP contribution in [-0.4, -0.2) is 68.4 Å². The van der Waals surface area contributed by atoms with Gasteiger partial charge in [-0.15, -0.1) is 0 Å². The summed E-state index contributed by atoms with van der Waals surface area (Å²) in [6.07, 6.45) is 1.96. The van der Waals surface area contributed by atoms with Gasteiger partial charge in [0.15, 0.2) is 0 Å². The van der Waals surface area contributed by atoms with Gasteiger partial charge in [-0.05, 0) is 12.8 Å². The zero-order chi connectivity index (χ0) is 13.4. The van der Waals surface area contributed by atoms with Crippen LogP contribution in [0.4, 0.5) is 4.79 Å². The highest BCUT2D eigenvalue weighted by Gasteiger charge is 2.26. The van der Waals surface area contributed by atoms with Crippen molar-refractivity contribution in [2.45, 2.75) is 32.7 Å². The second-order valence-corrected chi connectivity index (χ2v) is 4.54. The van der Waals surface area contributed by atoms with Gasteiger partial charge in [-0.1, -0.05) is 13.8 Å². The average molecular weight is 258 g/mol. The Bertz CT molecular complexity index is 238. The number of morpholine rings is 1. The predicted octanol–water partition coefficient (Wildman–Crippen LogP) is 1.58. The second kappa shape index (κ2) is 8.32. The zero-order valence-corrected chi connectivity index (χ0v) is 11.9. The van der Waals surface area contributed by atoms with Crippen LogP contribution in [0.2, 0.25) is 0 Å². The largest absolute Gasteiger partial charge is 0.383 e. The highest BCUT2D eigenvalue weighted by atomic mass is 16.5. The van der Waals surface area contributed by atoms with E-state index in [1.165, 1.54) is 0 Å². The Hall–Kier alpha value is -0.810. The smallest absolute Gasteiger partial charge is 0.320 e. The summed E-state index contributed by atoms with van der Waals surface area (Å²) < 4.78 is 10.4. The number of nitrogens with zero attached hydrogens (tertiary/aromatic N) is 2. The van der Waals surface area contributed by atoms with Crippen molar-refractivity contribution in [3.8, 4) is 0 Å². The van der Waals surface area contributed by atoms with Crippen LogP contribution >= 0.6 is 0 Å². The summed E-state index contributed by atoms with van der Waals surface area (Å²) in [5.41, 5.74) is 0. The molecule has 0 atom stereocenters. The fourth-order valence-electron chi connectivity index (χ4n) is 2.29. The molecule has 5 nitrogen and oxygen atoms in total. The van der Waals surface area contributed by atoms with E-state index in [2.05, 4.69) is 13.8 Å². The lowest BCUT2D eigenvalue weighted by atomic mass is 10.1. The molecular weight excluding hydrogens is 232 g/mol. The summed E-state index contributed by atoms with van der Waals surface area (Å²) in [4.78, 5) is 16.3. The Balaban J connectivity index is 2.63. The van der Waals surface area contributed by atoms with Gasteiger partial charge in [-0.2, -0.15) is 0 Å². The molecule has 0 radical (unpaired) electrons. The fourth-order valence-corrected chi connectivity index (χ4v) is 2.29. The van der Waals surface area contributed by atoms with E-state index in [1.807, 2.05) is 9.80 Å². The first-order valence-electron chi connectivity index (χ1n) is 6.86. The SMILES string of the molecule is CCC(CC)N(CCOC)C(=O)N1CCOCC1. The Morgan fingerprint density at radius 1 is 1.33 bits per heavy atom. The lowest BCUT2D eigenvalue weighted by Crippen LogP contribution is -2.52. The van der Waals surface area contributed by atoms with Gasteiger partial charge in [-0.3, -0.25) is 0 Å². The molecule has 1 aliphatic heterocycles. The Kier molecular flexibility index (Phi) is 7.05. The van der Waals surface area contributed by atoms with Crippen molar-refractivity contribution < 1.29 is 14.3 Å². The first kappa shape index (κ1) is 15.2. The average Bonchev–Trinajstić information content (AvgIpc) is 2.43. The van der Waals surface area contributed by atoms with E-state index < -0.39 is 0 Å².